The Balaban J connectivity index is 2.09. The molecule has 0 saturated carbocycles. The highest BCUT2D eigenvalue weighted by Crippen LogP contribution is 2.20. The van der Waals surface area contributed by atoms with Gasteiger partial charge in [0.1, 0.15) is 12.1 Å². The van der Waals surface area contributed by atoms with Crippen LogP contribution < -0.4 is 10.6 Å². The number of anilines is 1. The number of hydrogen-bond donors (Lipinski definition) is 2. The monoisotopic (exact) mass is 356 g/mol. The van der Waals surface area contributed by atoms with Crippen molar-refractivity contribution in [1.82, 2.24) is 15.2 Å². The summed E-state index contributed by atoms with van der Waals surface area (Å²) in [6.07, 6.45) is 14.4. The summed E-state index contributed by atoms with van der Waals surface area (Å²) in [6.45, 7) is 4.20. The Morgan fingerprint density at radius 2 is 2.12 bits per heavy atom. The number of nitrogens with zero attached hydrogens (tertiary/aromatic N) is 2. The van der Waals surface area contributed by atoms with Crippen molar-refractivity contribution in [3.8, 4) is 0 Å². The van der Waals surface area contributed by atoms with Crippen LogP contribution in [0.25, 0.3) is 6.08 Å². The van der Waals surface area contributed by atoms with Gasteiger partial charge in [-0.15, -0.1) is 0 Å². The lowest BCUT2D eigenvalue weighted by atomic mass is 10.0. The lowest BCUT2D eigenvalue weighted by molar-refractivity contribution is -0.112. The molecule has 0 aromatic carbocycles. The molecule has 0 bridgehead atoms. The van der Waals surface area contributed by atoms with Crippen molar-refractivity contribution in [2.45, 2.75) is 45.1 Å². The van der Waals surface area contributed by atoms with Crippen LogP contribution >= 0.6 is 0 Å². The predicted octanol–water partition coefficient (Wildman–Crippen LogP) is 3.25. The van der Waals surface area contributed by atoms with Crippen LogP contribution in [-0.4, -0.2) is 49.4 Å². The molecule has 1 aromatic rings. The summed E-state index contributed by atoms with van der Waals surface area (Å²) < 4.78 is 0. The number of aromatic nitrogens is 1. The van der Waals surface area contributed by atoms with Crippen LogP contribution in [0.3, 0.4) is 0 Å². The number of rotatable bonds is 10. The minimum Gasteiger partial charge on any atom is -0.388 e. The molecule has 1 saturated heterocycles. The van der Waals surface area contributed by atoms with E-state index in [4.69, 9.17) is 0 Å². The van der Waals surface area contributed by atoms with Gasteiger partial charge < -0.3 is 15.4 Å². The molecule has 0 radical (unpaired) electrons. The topological polar surface area (TPSA) is 57.3 Å². The first-order valence-electron chi connectivity index (χ1n) is 9.63. The summed E-state index contributed by atoms with van der Waals surface area (Å²) in [6, 6.07) is 2.19. The molecule has 2 rings (SSSR count). The van der Waals surface area contributed by atoms with Crippen molar-refractivity contribution in [3.63, 3.8) is 0 Å². The van der Waals surface area contributed by atoms with Crippen molar-refractivity contribution < 1.29 is 4.79 Å². The maximum Gasteiger partial charge on any atom is 0.137 e. The average molecular weight is 357 g/mol. The number of allylic oxidation sites excluding steroid dienone is 2. The number of carbonyl (C=O) groups excluding carboxylic acids is 1. The first-order chi connectivity index (χ1) is 12.7. The molecular formula is C21H32N4O. The average Bonchev–Trinajstić information content (AvgIpc) is 3.20. The minimum atomic E-state index is 0.0183. The standard InChI is InChI=1S/C21H32N4O/c1-4-7-19(22-2)10-8-17-14-18(21(23-3)24-15-17)9-11-20(16-26)25-12-5-6-13-25/h7-8,10,14-16,20,22H,4-6,9,11-13H2,1-3H3,(H,23,24)/b10-8+,19-7-. The number of aldehydes is 1. The van der Waals surface area contributed by atoms with E-state index in [-0.39, 0.29) is 6.04 Å². The Labute approximate surface area is 157 Å². The molecule has 142 valence electrons. The van der Waals surface area contributed by atoms with Crippen LogP contribution in [0.15, 0.2) is 30.1 Å². The molecule has 0 aliphatic carbocycles. The summed E-state index contributed by atoms with van der Waals surface area (Å²) >= 11 is 0. The van der Waals surface area contributed by atoms with E-state index < -0.39 is 0 Å². The van der Waals surface area contributed by atoms with E-state index in [0.29, 0.717) is 0 Å². The zero-order valence-corrected chi connectivity index (χ0v) is 16.3. The van der Waals surface area contributed by atoms with Crippen LogP contribution in [-0.2, 0) is 11.2 Å². The molecule has 26 heavy (non-hydrogen) atoms. The van der Waals surface area contributed by atoms with Crippen molar-refractivity contribution in [3.05, 3.63) is 41.2 Å². The Morgan fingerprint density at radius 3 is 2.73 bits per heavy atom. The van der Waals surface area contributed by atoms with Crippen molar-refractivity contribution in [1.29, 1.82) is 0 Å². The Morgan fingerprint density at radius 1 is 1.35 bits per heavy atom. The molecule has 1 unspecified atom stereocenters. The fourth-order valence-electron chi connectivity index (χ4n) is 3.41. The second-order valence-electron chi connectivity index (χ2n) is 6.66. The van der Waals surface area contributed by atoms with Crippen LogP contribution in [0.2, 0.25) is 0 Å². The third kappa shape index (κ3) is 5.70. The fourth-order valence-corrected chi connectivity index (χ4v) is 3.41. The quantitative estimate of drug-likeness (QED) is 0.498. The van der Waals surface area contributed by atoms with E-state index in [2.05, 4.69) is 51.7 Å². The second-order valence-corrected chi connectivity index (χ2v) is 6.66. The summed E-state index contributed by atoms with van der Waals surface area (Å²) in [5.41, 5.74) is 3.33. The smallest absolute Gasteiger partial charge is 0.137 e. The third-order valence-corrected chi connectivity index (χ3v) is 4.87. The number of pyridine rings is 1. The van der Waals surface area contributed by atoms with E-state index in [1.54, 1.807) is 0 Å². The SMILES string of the molecule is CC/C=C(/C=C/c1cnc(NC)c(CCC(C=O)N2CCCC2)c1)NC. The van der Waals surface area contributed by atoms with Gasteiger partial charge in [0.15, 0.2) is 0 Å². The molecule has 5 heteroatoms. The summed E-state index contributed by atoms with van der Waals surface area (Å²) in [5.74, 6) is 0.895. The highest BCUT2D eigenvalue weighted by atomic mass is 16.1. The van der Waals surface area contributed by atoms with Gasteiger partial charge in [-0.3, -0.25) is 4.90 Å². The molecule has 1 atom stereocenters. The lowest BCUT2D eigenvalue weighted by Crippen LogP contribution is -2.34. The third-order valence-electron chi connectivity index (χ3n) is 4.87. The number of nitrogens with one attached hydrogen (secondary N) is 2. The first-order valence-corrected chi connectivity index (χ1v) is 9.63. The van der Waals surface area contributed by atoms with Gasteiger partial charge in [-0.2, -0.15) is 0 Å². The molecule has 0 amide bonds. The summed E-state index contributed by atoms with van der Waals surface area (Å²) in [7, 11) is 3.82. The zero-order valence-electron chi connectivity index (χ0n) is 16.3. The van der Waals surface area contributed by atoms with Gasteiger partial charge in [0, 0.05) is 26.0 Å². The lowest BCUT2D eigenvalue weighted by Gasteiger charge is -2.22. The molecule has 2 N–H and O–H groups in total. The van der Waals surface area contributed by atoms with E-state index in [0.717, 1.165) is 61.3 Å². The van der Waals surface area contributed by atoms with Gasteiger partial charge in [0.05, 0.1) is 6.04 Å². The molecule has 0 spiro atoms. The van der Waals surface area contributed by atoms with E-state index in [1.165, 1.54) is 12.8 Å². The Kier molecular flexibility index (Phi) is 8.35. The van der Waals surface area contributed by atoms with Crippen molar-refractivity contribution >= 4 is 18.2 Å². The van der Waals surface area contributed by atoms with Gasteiger partial charge >= 0.3 is 0 Å². The molecule has 1 fully saturated rings. The summed E-state index contributed by atoms with van der Waals surface area (Å²) in [5, 5.41) is 6.36. The van der Waals surface area contributed by atoms with Crippen molar-refractivity contribution in [2.75, 3.05) is 32.5 Å². The van der Waals surface area contributed by atoms with Crippen LogP contribution in [0, 0.1) is 0 Å². The first kappa shape index (κ1) is 20.2. The number of aryl methyl sites for hydroxylation is 1. The number of hydrogen-bond acceptors (Lipinski definition) is 5. The highest BCUT2D eigenvalue weighted by Gasteiger charge is 2.21. The Hall–Kier alpha value is -2.14. The van der Waals surface area contributed by atoms with Gasteiger partial charge in [-0.25, -0.2) is 4.98 Å². The minimum absolute atomic E-state index is 0.0183. The van der Waals surface area contributed by atoms with Crippen LogP contribution in [0.5, 0.6) is 0 Å². The maximum absolute atomic E-state index is 11.5. The van der Waals surface area contributed by atoms with Crippen molar-refractivity contribution in [2.24, 2.45) is 0 Å². The number of likely N-dealkylation sites (N-methyl/N-ethyl adjacent to an activating group) is 1. The maximum atomic E-state index is 11.5. The van der Waals surface area contributed by atoms with Gasteiger partial charge in [-0.1, -0.05) is 19.1 Å². The molecule has 2 heterocycles. The molecule has 1 aliphatic rings. The number of likely N-dealkylation sites (tertiary alicyclic amines) is 1. The fraction of sp³-hybridized carbons (Fsp3) is 0.524. The van der Waals surface area contributed by atoms with Crippen LogP contribution in [0.1, 0.15) is 43.7 Å². The van der Waals surface area contributed by atoms with Crippen LogP contribution in [0.4, 0.5) is 5.82 Å². The molecular weight excluding hydrogens is 324 g/mol. The predicted molar refractivity (Wildman–Crippen MR) is 109 cm³/mol. The van der Waals surface area contributed by atoms with Gasteiger partial charge in [0.25, 0.3) is 0 Å². The molecule has 1 aromatic heterocycles. The van der Waals surface area contributed by atoms with Gasteiger partial charge in [0.2, 0.25) is 0 Å². The van der Waals surface area contributed by atoms with E-state index >= 15 is 0 Å². The molecule has 1 aliphatic heterocycles. The summed E-state index contributed by atoms with van der Waals surface area (Å²) in [4.78, 5) is 18.4. The zero-order chi connectivity index (χ0) is 18.8. The van der Waals surface area contributed by atoms with E-state index in [1.807, 2.05) is 20.3 Å². The Bertz CT molecular complexity index is 633. The molecule has 5 nitrogen and oxygen atoms in total. The van der Waals surface area contributed by atoms with E-state index in [9.17, 15) is 4.79 Å². The highest BCUT2D eigenvalue weighted by molar-refractivity contribution is 5.59. The van der Waals surface area contributed by atoms with Gasteiger partial charge in [-0.05, 0) is 68.5 Å². The largest absolute Gasteiger partial charge is 0.388 e. The second kappa shape index (κ2) is 10.8. The normalized spacial score (nSPS) is 16.8. The number of carbonyl (C=O) groups is 1.